The molecular weight excluding hydrogens is 430 g/mol. The number of hydrogen-bond acceptors (Lipinski definition) is 5. The maximum atomic E-state index is 11.7. The molecule has 0 rings (SSSR count). The Morgan fingerprint density at radius 3 is 2.22 bits per heavy atom. The number of esters is 1. The van der Waals surface area contributed by atoms with Crippen LogP contribution in [0.1, 0.15) is 38.5 Å². The summed E-state index contributed by atoms with van der Waals surface area (Å²) in [6.07, 6.45) is 8.42. The van der Waals surface area contributed by atoms with Crippen LogP contribution >= 0.6 is 0 Å². The molecule has 0 aromatic rings. The molecule has 0 amide bonds. The summed E-state index contributed by atoms with van der Waals surface area (Å²) in [6, 6.07) is -1.39. The fourth-order valence-electron chi connectivity index (χ4n) is 1.58. The van der Waals surface area contributed by atoms with Crippen LogP contribution in [0.15, 0.2) is 12.7 Å². The van der Waals surface area contributed by atoms with Gasteiger partial charge in [0.1, 0.15) is 0 Å². The number of carbonyl (C=O) groups excluding carboxylic acids is 1. The van der Waals surface area contributed by atoms with Gasteiger partial charge in [-0.25, -0.2) is 0 Å². The van der Waals surface area contributed by atoms with Crippen LogP contribution in [-0.2, 0) is 14.3 Å². The van der Waals surface area contributed by atoms with Gasteiger partial charge < -0.3 is 0 Å². The van der Waals surface area contributed by atoms with Crippen LogP contribution in [-0.4, -0.2) is 62.0 Å². The minimum atomic E-state index is -0.976. The summed E-state index contributed by atoms with van der Waals surface area (Å²) in [7, 11) is 0. The van der Waals surface area contributed by atoms with Gasteiger partial charge in [0.15, 0.2) is 0 Å². The zero-order valence-electron chi connectivity index (χ0n) is 13.4. The predicted octanol–water partition coefficient (Wildman–Crippen LogP) is 0.955. The maximum absolute atomic E-state index is 11.7. The quantitative estimate of drug-likeness (QED) is 0.146. The molecule has 0 radical (unpaired) electrons. The number of carboxylic acid groups (broad SMARTS) is 1. The van der Waals surface area contributed by atoms with Gasteiger partial charge in [-0.3, -0.25) is 0 Å². The number of unbranched alkanes of at least 4 members (excludes halogenated alkanes) is 5. The van der Waals surface area contributed by atoms with Crippen molar-refractivity contribution in [2.45, 2.75) is 61.2 Å². The van der Waals surface area contributed by atoms with Gasteiger partial charge in [-0.15, -0.1) is 6.58 Å². The zero-order chi connectivity index (χ0) is 17.5. The summed E-state index contributed by atoms with van der Waals surface area (Å²) in [5.41, 5.74) is 11.2. The van der Waals surface area contributed by atoms with Crippen molar-refractivity contribution in [3.8, 4) is 0 Å². The topological polar surface area (TPSA) is 116 Å². The van der Waals surface area contributed by atoms with Crippen molar-refractivity contribution in [1.82, 2.24) is 0 Å². The SMILES string of the molecule is C=CCCCCCCCOC(=O)[C@@H](N)C[Se][Se]C[C@H](N)C(=O)O. The molecular formula is C15H28N2O4Se2. The monoisotopic (exact) mass is 460 g/mol. The van der Waals surface area contributed by atoms with Crippen LogP contribution in [0.5, 0.6) is 0 Å². The average Bonchev–Trinajstić information content (AvgIpc) is 2.53. The zero-order valence-corrected chi connectivity index (χ0v) is 16.9. The molecule has 0 aliphatic carbocycles. The molecule has 0 heterocycles. The first-order valence-corrected chi connectivity index (χ1v) is 14.5. The van der Waals surface area contributed by atoms with Crippen LogP contribution in [0.4, 0.5) is 0 Å². The number of allylic oxidation sites excluding steroid dienone is 1. The molecule has 0 spiro atoms. The summed E-state index contributed by atoms with van der Waals surface area (Å²) >= 11 is 0.317. The normalized spacial score (nSPS) is 13.3. The number of rotatable bonds is 15. The standard InChI is InChI=1S/C15H28N2O4Se2/c1-2-3-4-5-6-7-8-9-21-15(20)13(17)11-23-22-10-12(16)14(18)19/h2,12-13H,1,3-11,16-17H2,(H,18,19)/t12-,13-/m0/s1. The number of carboxylic acids is 1. The summed E-state index contributed by atoms with van der Waals surface area (Å²) in [5.74, 6) is -1.33. The van der Waals surface area contributed by atoms with Gasteiger partial charge in [0.2, 0.25) is 0 Å². The molecule has 0 saturated carbocycles. The third-order valence-electron chi connectivity index (χ3n) is 3.00. The third-order valence-corrected chi connectivity index (χ3v) is 10.2. The Bertz CT molecular complexity index is 356. The van der Waals surface area contributed by atoms with Crippen LogP contribution in [0.25, 0.3) is 0 Å². The van der Waals surface area contributed by atoms with Crippen LogP contribution < -0.4 is 11.5 Å². The van der Waals surface area contributed by atoms with Crippen molar-refractivity contribution in [1.29, 1.82) is 0 Å². The molecule has 23 heavy (non-hydrogen) atoms. The molecule has 0 aliphatic rings. The van der Waals surface area contributed by atoms with E-state index in [1.165, 1.54) is 12.8 Å². The second kappa shape index (κ2) is 15.2. The number of nitrogens with two attached hydrogens (primary N) is 2. The van der Waals surface area contributed by atoms with Crippen molar-refractivity contribution >= 4 is 38.2 Å². The Morgan fingerprint density at radius 1 is 1.04 bits per heavy atom. The first-order chi connectivity index (χ1) is 11.0. The molecule has 5 N–H and O–H groups in total. The number of carbonyl (C=O) groups is 2. The number of ether oxygens (including phenoxy) is 1. The number of aliphatic carboxylic acids is 1. The molecule has 0 bridgehead atoms. The van der Waals surface area contributed by atoms with Crippen LogP contribution in [0, 0.1) is 0 Å². The van der Waals surface area contributed by atoms with Gasteiger partial charge in [0, 0.05) is 0 Å². The van der Waals surface area contributed by atoms with Crippen LogP contribution in [0.2, 0.25) is 10.6 Å². The van der Waals surface area contributed by atoms with Gasteiger partial charge in [0.25, 0.3) is 0 Å². The van der Waals surface area contributed by atoms with Crippen molar-refractivity contribution in [2.24, 2.45) is 11.5 Å². The molecule has 134 valence electrons. The summed E-state index contributed by atoms with van der Waals surface area (Å²) in [5, 5.41) is 9.73. The molecule has 0 aliphatic heterocycles. The molecule has 0 aromatic carbocycles. The van der Waals surface area contributed by atoms with Crippen molar-refractivity contribution in [3.63, 3.8) is 0 Å². The van der Waals surface area contributed by atoms with E-state index < -0.39 is 18.1 Å². The molecule has 0 saturated heterocycles. The Morgan fingerprint density at radius 2 is 1.61 bits per heavy atom. The molecule has 2 atom stereocenters. The molecule has 8 heteroatoms. The Balaban J connectivity index is 3.51. The summed E-state index contributed by atoms with van der Waals surface area (Å²) in [4.78, 5) is 22.3. The molecule has 6 nitrogen and oxygen atoms in total. The minimum absolute atomic E-state index is 0.147. The van der Waals surface area contributed by atoms with E-state index in [0.717, 1.165) is 25.7 Å². The second-order valence-corrected chi connectivity index (χ2v) is 12.7. The summed E-state index contributed by atoms with van der Waals surface area (Å²) in [6.45, 7) is 4.11. The van der Waals surface area contributed by atoms with Gasteiger partial charge in [-0.05, 0) is 0 Å². The predicted molar refractivity (Wildman–Crippen MR) is 93.6 cm³/mol. The van der Waals surface area contributed by atoms with E-state index in [1.807, 2.05) is 6.08 Å². The van der Waals surface area contributed by atoms with Crippen molar-refractivity contribution < 1.29 is 19.4 Å². The number of hydrogen-bond donors (Lipinski definition) is 3. The average molecular weight is 458 g/mol. The van der Waals surface area contributed by atoms with E-state index in [9.17, 15) is 9.59 Å². The van der Waals surface area contributed by atoms with Crippen molar-refractivity contribution in [3.05, 3.63) is 12.7 Å². The second-order valence-electron chi connectivity index (χ2n) is 5.13. The Kier molecular flexibility index (Phi) is 14.9. The first kappa shape index (κ1) is 22.6. The van der Waals surface area contributed by atoms with E-state index in [2.05, 4.69) is 6.58 Å². The summed E-state index contributed by atoms with van der Waals surface area (Å²) < 4.78 is 5.17. The first-order valence-electron chi connectivity index (χ1n) is 7.75. The van der Waals surface area contributed by atoms with Gasteiger partial charge in [-0.2, -0.15) is 0 Å². The van der Waals surface area contributed by atoms with E-state index in [4.69, 9.17) is 21.3 Å². The fraction of sp³-hybridized carbons (Fsp3) is 0.733. The van der Waals surface area contributed by atoms with Gasteiger partial charge >= 0.3 is 143 Å². The molecule has 0 fully saturated rings. The van der Waals surface area contributed by atoms with Crippen LogP contribution in [0.3, 0.4) is 0 Å². The molecule has 0 aromatic heterocycles. The third kappa shape index (κ3) is 13.7. The van der Waals surface area contributed by atoms with E-state index in [-0.39, 0.29) is 32.2 Å². The van der Waals surface area contributed by atoms with E-state index >= 15 is 0 Å². The van der Waals surface area contributed by atoms with Crippen molar-refractivity contribution in [2.75, 3.05) is 6.61 Å². The van der Waals surface area contributed by atoms with Gasteiger partial charge in [0.05, 0.1) is 0 Å². The molecule has 0 unspecified atom stereocenters. The van der Waals surface area contributed by atoms with E-state index in [1.54, 1.807) is 0 Å². The van der Waals surface area contributed by atoms with Gasteiger partial charge in [-0.1, -0.05) is 0 Å². The van der Waals surface area contributed by atoms with E-state index in [0.29, 0.717) is 17.2 Å². The Labute approximate surface area is 149 Å². The fourth-order valence-corrected chi connectivity index (χ4v) is 8.48. The Hall–Kier alpha value is -0.361.